The Kier molecular flexibility index (Phi) is 6.59. The second-order valence-electron chi connectivity index (χ2n) is 8.05. The van der Waals surface area contributed by atoms with Crippen LogP contribution in [0.1, 0.15) is 35.2 Å². The summed E-state index contributed by atoms with van der Waals surface area (Å²) in [6.07, 6.45) is 1.45. The maximum atomic E-state index is 13.1. The molecule has 1 amide bonds. The Morgan fingerprint density at radius 2 is 1.55 bits per heavy atom. The van der Waals surface area contributed by atoms with E-state index in [1.807, 2.05) is 66.7 Å². The number of hydrogen-bond donors (Lipinski definition) is 1. The van der Waals surface area contributed by atoms with Gasteiger partial charge in [0, 0.05) is 12.1 Å². The molecule has 3 aromatic rings. The summed E-state index contributed by atoms with van der Waals surface area (Å²) in [6, 6.07) is 23.8. The van der Waals surface area contributed by atoms with Gasteiger partial charge in [0.05, 0.1) is 18.7 Å². The smallest absolute Gasteiger partial charge is 0.295 e. The molecule has 4 rings (SSSR count). The summed E-state index contributed by atoms with van der Waals surface area (Å²) in [4.78, 5) is 27.7. The fraction of sp³-hybridized carbons (Fsp3) is 0.214. The predicted octanol–water partition coefficient (Wildman–Crippen LogP) is 4.92. The normalized spacial score (nSPS) is 17.4. The number of Topliss-reactive ketones (excluding diaryl/α,β-unsaturated/α-hetero) is 1. The summed E-state index contributed by atoms with van der Waals surface area (Å²) < 4.78 is 5.21. The largest absolute Gasteiger partial charge is 0.507 e. The Morgan fingerprint density at radius 3 is 2.15 bits per heavy atom. The molecule has 0 bridgehead atoms. The third kappa shape index (κ3) is 4.53. The topological polar surface area (TPSA) is 66.8 Å². The number of ketones is 1. The zero-order valence-corrected chi connectivity index (χ0v) is 18.8. The number of aliphatic hydroxyl groups is 1. The highest BCUT2D eigenvalue weighted by Crippen LogP contribution is 2.39. The molecule has 0 aliphatic carbocycles. The highest BCUT2D eigenvalue weighted by molar-refractivity contribution is 6.46. The zero-order valence-electron chi connectivity index (χ0n) is 18.8. The quantitative estimate of drug-likeness (QED) is 0.321. The van der Waals surface area contributed by atoms with E-state index in [4.69, 9.17) is 4.74 Å². The standard InChI is InChI=1S/C28H27NO4/c1-3-19-9-13-22(14-10-19)26(30)24-25(21-7-5-4-6-8-21)29(28(32)27(24)31)18-17-20-11-15-23(33-2)16-12-20/h4-16,25,30H,3,17-18H2,1-2H3/b26-24-. The molecule has 1 saturated heterocycles. The van der Waals surface area contributed by atoms with Gasteiger partial charge >= 0.3 is 0 Å². The Bertz CT molecular complexity index is 1160. The molecule has 33 heavy (non-hydrogen) atoms. The summed E-state index contributed by atoms with van der Waals surface area (Å²) in [5, 5.41) is 11.1. The third-order valence-electron chi connectivity index (χ3n) is 6.09. The maximum absolute atomic E-state index is 13.1. The number of carbonyl (C=O) groups is 2. The van der Waals surface area contributed by atoms with Crippen molar-refractivity contribution in [1.29, 1.82) is 0 Å². The third-order valence-corrected chi connectivity index (χ3v) is 6.09. The molecular weight excluding hydrogens is 414 g/mol. The lowest BCUT2D eigenvalue weighted by atomic mass is 9.95. The average molecular weight is 442 g/mol. The minimum absolute atomic E-state index is 0.130. The van der Waals surface area contributed by atoms with E-state index in [2.05, 4.69) is 6.92 Å². The zero-order chi connectivity index (χ0) is 23.4. The van der Waals surface area contributed by atoms with Crippen LogP contribution in [0.5, 0.6) is 5.75 Å². The van der Waals surface area contributed by atoms with E-state index in [1.165, 1.54) is 0 Å². The Morgan fingerprint density at radius 1 is 0.909 bits per heavy atom. The molecule has 1 fully saturated rings. The number of amides is 1. The average Bonchev–Trinajstić information content (AvgIpc) is 3.12. The number of likely N-dealkylation sites (tertiary alicyclic amines) is 1. The molecule has 0 saturated carbocycles. The molecule has 5 nitrogen and oxygen atoms in total. The first-order chi connectivity index (χ1) is 16.0. The SMILES string of the molecule is CCc1ccc(/C(O)=C2/C(=O)C(=O)N(CCc3ccc(OC)cc3)C2c2ccccc2)cc1. The van der Waals surface area contributed by atoms with Crippen molar-refractivity contribution < 1.29 is 19.4 Å². The van der Waals surface area contributed by atoms with Crippen LogP contribution in [-0.2, 0) is 22.4 Å². The Hall–Kier alpha value is -3.86. The van der Waals surface area contributed by atoms with Crippen LogP contribution in [0.2, 0.25) is 0 Å². The van der Waals surface area contributed by atoms with Gasteiger partial charge in [-0.15, -0.1) is 0 Å². The monoisotopic (exact) mass is 441 g/mol. The van der Waals surface area contributed by atoms with Crippen LogP contribution in [0.4, 0.5) is 0 Å². The minimum atomic E-state index is -0.657. The fourth-order valence-corrected chi connectivity index (χ4v) is 4.19. The summed E-state index contributed by atoms with van der Waals surface area (Å²) in [6.45, 7) is 2.40. The Labute approximate surface area is 193 Å². The van der Waals surface area contributed by atoms with Gasteiger partial charge in [-0.05, 0) is 41.7 Å². The summed E-state index contributed by atoms with van der Waals surface area (Å²) in [7, 11) is 1.62. The molecule has 5 heteroatoms. The van der Waals surface area contributed by atoms with Crippen molar-refractivity contribution in [3.8, 4) is 5.75 Å². The first-order valence-electron chi connectivity index (χ1n) is 11.1. The van der Waals surface area contributed by atoms with Crippen LogP contribution in [0, 0.1) is 0 Å². The van der Waals surface area contributed by atoms with Crippen LogP contribution in [-0.4, -0.2) is 35.4 Å². The van der Waals surface area contributed by atoms with Gasteiger partial charge in [0.1, 0.15) is 11.5 Å². The van der Waals surface area contributed by atoms with Crippen LogP contribution in [0.25, 0.3) is 5.76 Å². The molecule has 1 unspecified atom stereocenters. The van der Waals surface area contributed by atoms with E-state index < -0.39 is 17.7 Å². The number of rotatable bonds is 7. The van der Waals surface area contributed by atoms with E-state index in [-0.39, 0.29) is 11.3 Å². The predicted molar refractivity (Wildman–Crippen MR) is 128 cm³/mol. The van der Waals surface area contributed by atoms with E-state index in [1.54, 1.807) is 24.1 Å². The van der Waals surface area contributed by atoms with Crippen LogP contribution < -0.4 is 4.74 Å². The van der Waals surface area contributed by atoms with Gasteiger partial charge in [-0.2, -0.15) is 0 Å². The second kappa shape index (κ2) is 9.74. The highest BCUT2D eigenvalue weighted by Gasteiger charge is 2.45. The van der Waals surface area contributed by atoms with Crippen LogP contribution >= 0.6 is 0 Å². The fourth-order valence-electron chi connectivity index (χ4n) is 4.19. The van der Waals surface area contributed by atoms with Crippen molar-refractivity contribution >= 4 is 17.4 Å². The number of hydrogen-bond acceptors (Lipinski definition) is 4. The van der Waals surface area contributed by atoms with Crippen LogP contribution in [0.15, 0.2) is 84.4 Å². The first-order valence-corrected chi connectivity index (χ1v) is 11.1. The van der Waals surface area contributed by atoms with Crippen molar-refractivity contribution in [2.45, 2.75) is 25.8 Å². The van der Waals surface area contributed by atoms with Crippen molar-refractivity contribution in [3.63, 3.8) is 0 Å². The number of methoxy groups -OCH3 is 1. The number of benzene rings is 3. The van der Waals surface area contributed by atoms with Gasteiger partial charge in [-0.3, -0.25) is 9.59 Å². The van der Waals surface area contributed by atoms with Gasteiger partial charge in [0.15, 0.2) is 0 Å². The van der Waals surface area contributed by atoms with E-state index in [0.717, 1.165) is 28.9 Å². The number of ether oxygens (including phenoxy) is 1. The van der Waals surface area contributed by atoms with Gasteiger partial charge in [0.2, 0.25) is 0 Å². The van der Waals surface area contributed by atoms with Gasteiger partial charge in [-0.1, -0.05) is 73.7 Å². The first kappa shape index (κ1) is 22.3. The van der Waals surface area contributed by atoms with Crippen molar-refractivity contribution in [2.75, 3.05) is 13.7 Å². The lowest BCUT2D eigenvalue weighted by Crippen LogP contribution is -2.31. The number of carbonyl (C=O) groups excluding carboxylic acids is 2. The van der Waals surface area contributed by atoms with Crippen molar-refractivity contribution in [2.24, 2.45) is 0 Å². The number of aliphatic hydroxyl groups excluding tert-OH is 1. The van der Waals surface area contributed by atoms with Crippen molar-refractivity contribution in [3.05, 3.63) is 107 Å². The maximum Gasteiger partial charge on any atom is 0.295 e. The van der Waals surface area contributed by atoms with E-state index in [0.29, 0.717) is 18.5 Å². The molecular formula is C28H27NO4. The summed E-state index contributed by atoms with van der Waals surface area (Å²) >= 11 is 0. The number of aryl methyl sites for hydroxylation is 1. The molecule has 1 heterocycles. The Balaban J connectivity index is 1.71. The van der Waals surface area contributed by atoms with Crippen LogP contribution in [0.3, 0.4) is 0 Å². The highest BCUT2D eigenvalue weighted by atomic mass is 16.5. The molecule has 1 atom stereocenters. The van der Waals surface area contributed by atoms with Gasteiger partial charge in [-0.25, -0.2) is 0 Å². The molecule has 0 radical (unpaired) electrons. The molecule has 168 valence electrons. The van der Waals surface area contributed by atoms with E-state index in [9.17, 15) is 14.7 Å². The van der Waals surface area contributed by atoms with E-state index >= 15 is 0 Å². The molecule has 0 spiro atoms. The van der Waals surface area contributed by atoms with Crippen molar-refractivity contribution in [1.82, 2.24) is 4.90 Å². The second-order valence-corrected chi connectivity index (χ2v) is 8.05. The van der Waals surface area contributed by atoms with Gasteiger partial charge in [0.25, 0.3) is 11.7 Å². The molecule has 1 aliphatic rings. The number of nitrogens with zero attached hydrogens (tertiary/aromatic N) is 1. The molecule has 1 aliphatic heterocycles. The lowest BCUT2D eigenvalue weighted by Gasteiger charge is -2.25. The molecule has 1 N–H and O–H groups in total. The minimum Gasteiger partial charge on any atom is -0.507 e. The summed E-state index contributed by atoms with van der Waals surface area (Å²) in [5.74, 6) is -0.630. The molecule has 0 aromatic heterocycles. The summed E-state index contributed by atoms with van der Waals surface area (Å²) in [5.41, 5.74) is 3.61. The molecule has 3 aromatic carbocycles. The lowest BCUT2D eigenvalue weighted by molar-refractivity contribution is -0.139. The van der Waals surface area contributed by atoms with Gasteiger partial charge < -0.3 is 14.7 Å².